The van der Waals surface area contributed by atoms with E-state index in [-0.39, 0.29) is 0 Å². The third-order valence-electron chi connectivity index (χ3n) is 5.28. The summed E-state index contributed by atoms with van der Waals surface area (Å²) in [7, 11) is 0. The van der Waals surface area contributed by atoms with E-state index in [4.69, 9.17) is 4.52 Å². The van der Waals surface area contributed by atoms with Gasteiger partial charge in [-0.25, -0.2) is 4.98 Å². The zero-order chi connectivity index (χ0) is 18.5. The van der Waals surface area contributed by atoms with Crippen molar-refractivity contribution in [2.45, 2.75) is 39.2 Å². The largest absolute Gasteiger partial charge is 0.337 e. The van der Waals surface area contributed by atoms with Gasteiger partial charge in [-0.3, -0.25) is 0 Å². The molecule has 6 heteroatoms. The van der Waals surface area contributed by atoms with Crippen molar-refractivity contribution in [3.05, 3.63) is 54.4 Å². The van der Waals surface area contributed by atoms with Crippen LogP contribution in [0.4, 0.5) is 0 Å². The van der Waals surface area contributed by atoms with Crippen LogP contribution in [-0.2, 0) is 13.0 Å². The second-order valence-corrected chi connectivity index (χ2v) is 7.34. The van der Waals surface area contributed by atoms with E-state index in [0.717, 1.165) is 23.6 Å². The van der Waals surface area contributed by atoms with Crippen molar-refractivity contribution in [3.63, 3.8) is 0 Å². The Labute approximate surface area is 160 Å². The fourth-order valence-corrected chi connectivity index (χ4v) is 3.86. The van der Waals surface area contributed by atoms with Gasteiger partial charge in [0, 0.05) is 24.4 Å². The molecule has 0 spiro atoms. The van der Waals surface area contributed by atoms with Crippen molar-refractivity contribution in [2.75, 3.05) is 19.6 Å². The van der Waals surface area contributed by atoms with Gasteiger partial charge in [-0.15, -0.1) is 0 Å². The van der Waals surface area contributed by atoms with Crippen LogP contribution < -0.4 is 0 Å². The molecule has 0 radical (unpaired) electrons. The van der Waals surface area contributed by atoms with E-state index >= 15 is 0 Å². The highest BCUT2D eigenvalue weighted by Gasteiger charge is 2.21. The molecule has 0 bridgehead atoms. The standard InChI is InChI=1S/C21H27N5O/c1-2-11-25-12-8-17(9-13-25)15-19-23-20(27-24-19)16-26-14-10-22-21(26)18-6-4-3-5-7-18/h3-7,10,14,17H,2,8-9,11-13,15-16H2,1H3. The van der Waals surface area contributed by atoms with Gasteiger partial charge in [0.05, 0.1) is 0 Å². The van der Waals surface area contributed by atoms with Gasteiger partial charge in [0.1, 0.15) is 12.4 Å². The second-order valence-electron chi connectivity index (χ2n) is 7.34. The minimum Gasteiger partial charge on any atom is -0.337 e. The molecule has 3 heterocycles. The molecule has 0 unspecified atom stereocenters. The Morgan fingerprint density at radius 1 is 1.15 bits per heavy atom. The molecular formula is C21H27N5O. The molecule has 1 saturated heterocycles. The highest BCUT2D eigenvalue weighted by Crippen LogP contribution is 2.21. The van der Waals surface area contributed by atoms with Crippen molar-refractivity contribution >= 4 is 0 Å². The number of rotatable bonds is 7. The number of benzene rings is 1. The number of nitrogens with zero attached hydrogens (tertiary/aromatic N) is 5. The number of piperidine rings is 1. The molecule has 1 aliphatic rings. The summed E-state index contributed by atoms with van der Waals surface area (Å²) in [5.74, 6) is 3.05. The van der Waals surface area contributed by atoms with E-state index in [0.29, 0.717) is 18.4 Å². The first-order chi connectivity index (χ1) is 13.3. The minimum atomic E-state index is 0.548. The third-order valence-corrected chi connectivity index (χ3v) is 5.28. The summed E-state index contributed by atoms with van der Waals surface area (Å²) in [5, 5.41) is 4.22. The van der Waals surface area contributed by atoms with Crippen molar-refractivity contribution in [1.82, 2.24) is 24.6 Å². The Morgan fingerprint density at radius 2 is 1.96 bits per heavy atom. The van der Waals surface area contributed by atoms with Crippen LogP contribution in [0.25, 0.3) is 11.4 Å². The first-order valence-electron chi connectivity index (χ1n) is 9.92. The number of aromatic nitrogens is 4. The number of hydrogen-bond acceptors (Lipinski definition) is 5. The molecule has 1 fully saturated rings. The van der Waals surface area contributed by atoms with Gasteiger partial charge in [0.25, 0.3) is 0 Å². The van der Waals surface area contributed by atoms with Crippen LogP contribution in [0.3, 0.4) is 0 Å². The molecule has 142 valence electrons. The lowest BCUT2D eigenvalue weighted by Crippen LogP contribution is -2.34. The summed E-state index contributed by atoms with van der Waals surface area (Å²) < 4.78 is 7.56. The summed E-state index contributed by atoms with van der Waals surface area (Å²) in [6, 6.07) is 10.2. The van der Waals surface area contributed by atoms with E-state index in [1.165, 1.54) is 38.9 Å². The van der Waals surface area contributed by atoms with E-state index < -0.39 is 0 Å². The zero-order valence-electron chi connectivity index (χ0n) is 15.9. The first kappa shape index (κ1) is 17.9. The molecule has 0 amide bonds. The van der Waals surface area contributed by atoms with Crippen LogP contribution in [0.5, 0.6) is 0 Å². The predicted molar refractivity (Wildman–Crippen MR) is 104 cm³/mol. The number of likely N-dealkylation sites (tertiary alicyclic amines) is 1. The normalized spacial score (nSPS) is 16.0. The lowest BCUT2D eigenvalue weighted by molar-refractivity contribution is 0.182. The summed E-state index contributed by atoms with van der Waals surface area (Å²) in [4.78, 5) is 11.7. The minimum absolute atomic E-state index is 0.548. The fourth-order valence-electron chi connectivity index (χ4n) is 3.86. The van der Waals surface area contributed by atoms with E-state index in [2.05, 4.69) is 43.6 Å². The van der Waals surface area contributed by atoms with Gasteiger partial charge < -0.3 is 14.0 Å². The van der Waals surface area contributed by atoms with Crippen molar-refractivity contribution in [1.29, 1.82) is 0 Å². The van der Waals surface area contributed by atoms with E-state index in [9.17, 15) is 0 Å². The van der Waals surface area contributed by atoms with Crippen LogP contribution in [0, 0.1) is 5.92 Å². The Bertz CT molecular complexity index is 833. The second kappa shape index (κ2) is 8.48. The fraction of sp³-hybridized carbons (Fsp3) is 0.476. The molecule has 3 aromatic rings. The Morgan fingerprint density at radius 3 is 2.74 bits per heavy atom. The molecule has 6 nitrogen and oxygen atoms in total. The molecule has 2 aromatic heterocycles. The predicted octanol–water partition coefficient (Wildman–Crippen LogP) is 3.65. The number of imidazole rings is 1. The number of hydrogen-bond donors (Lipinski definition) is 0. The monoisotopic (exact) mass is 365 g/mol. The summed E-state index contributed by atoms with van der Waals surface area (Å²) in [6.07, 6.45) is 8.36. The highest BCUT2D eigenvalue weighted by molar-refractivity contribution is 5.55. The average Bonchev–Trinajstić information content (AvgIpc) is 3.34. The van der Waals surface area contributed by atoms with Gasteiger partial charge in [-0.1, -0.05) is 42.4 Å². The maximum atomic E-state index is 5.51. The topological polar surface area (TPSA) is 60.0 Å². The Hall–Kier alpha value is -2.47. The molecule has 0 N–H and O–H groups in total. The Kier molecular flexibility index (Phi) is 5.63. The highest BCUT2D eigenvalue weighted by atomic mass is 16.5. The molecule has 4 rings (SSSR count). The average molecular weight is 365 g/mol. The molecule has 0 atom stereocenters. The van der Waals surface area contributed by atoms with Crippen LogP contribution >= 0.6 is 0 Å². The molecule has 1 aromatic carbocycles. The van der Waals surface area contributed by atoms with Crippen LogP contribution in [0.1, 0.15) is 37.9 Å². The van der Waals surface area contributed by atoms with E-state index in [1.807, 2.05) is 30.6 Å². The van der Waals surface area contributed by atoms with Crippen molar-refractivity contribution in [2.24, 2.45) is 5.92 Å². The maximum absolute atomic E-state index is 5.51. The molecule has 1 aliphatic heterocycles. The molecule has 0 aliphatic carbocycles. The Balaban J connectivity index is 1.36. The van der Waals surface area contributed by atoms with Gasteiger partial charge in [-0.05, 0) is 44.8 Å². The molecule has 27 heavy (non-hydrogen) atoms. The third kappa shape index (κ3) is 4.45. The molecule has 0 saturated carbocycles. The zero-order valence-corrected chi connectivity index (χ0v) is 15.9. The van der Waals surface area contributed by atoms with Gasteiger partial charge in [-0.2, -0.15) is 4.98 Å². The quantitative estimate of drug-likeness (QED) is 0.640. The van der Waals surface area contributed by atoms with Gasteiger partial charge in [0.2, 0.25) is 5.89 Å². The van der Waals surface area contributed by atoms with Crippen LogP contribution in [0.2, 0.25) is 0 Å². The first-order valence-corrected chi connectivity index (χ1v) is 9.92. The lowest BCUT2D eigenvalue weighted by Gasteiger charge is -2.31. The van der Waals surface area contributed by atoms with Crippen molar-refractivity contribution < 1.29 is 4.52 Å². The van der Waals surface area contributed by atoms with Crippen molar-refractivity contribution in [3.8, 4) is 11.4 Å². The maximum Gasteiger partial charge on any atom is 0.246 e. The summed E-state index contributed by atoms with van der Waals surface area (Å²) >= 11 is 0. The van der Waals surface area contributed by atoms with Gasteiger partial charge >= 0.3 is 0 Å². The van der Waals surface area contributed by atoms with Gasteiger partial charge in [0.15, 0.2) is 5.82 Å². The SMILES string of the molecule is CCCN1CCC(Cc2noc(Cn3ccnc3-c3ccccc3)n2)CC1. The smallest absolute Gasteiger partial charge is 0.246 e. The molecular weight excluding hydrogens is 338 g/mol. The van der Waals surface area contributed by atoms with Crippen LogP contribution in [-0.4, -0.2) is 44.2 Å². The lowest BCUT2D eigenvalue weighted by atomic mass is 9.93. The van der Waals surface area contributed by atoms with Crippen LogP contribution in [0.15, 0.2) is 47.2 Å². The van der Waals surface area contributed by atoms with E-state index in [1.54, 1.807) is 0 Å². The summed E-state index contributed by atoms with van der Waals surface area (Å²) in [5.41, 5.74) is 1.08. The summed E-state index contributed by atoms with van der Waals surface area (Å²) in [6.45, 7) is 6.40.